The summed E-state index contributed by atoms with van der Waals surface area (Å²) in [6.45, 7) is 3.25. The summed E-state index contributed by atoms with van der Waals surface area (Å²) in [4.78, 5) is 4.74. The maximum absolute atomic E-state index is 12.9. The molecular weight excluding hydrogens is 432 g/mol. The average molecular weight is 453 g/mol. The van der Waals surface area contributed by atoms with Gasteiger partial charge in [0.2, 0.25) is 10.0 Å². The van der Waals surface area contributed by atoms with Crippen molar-refractivity contribution in [3.8, 4) is 10.9 Å². The van der Waals surface area contributed by atoms with Crippen molar-refractivity contribution in [1.82, 2.24) is 9.29 Å². The Morgan fingerprint density at radius 3 is 2.55 bits per heavy atom. The molecule has 1 fully saturated rings. The second-order valence-corrected chi connectivity index (χ2v) is 10.0. The predicted molar refractivity (Wildman–Crippen MR) is 115 cm³/mol. The van der Waals surface area contributed by atoms with Gasteiger partial charge in [-0.1, -0.05) is 29.0 Å². The second-order valence-electron chi connectivity index (χ2n) is 6.69. The van der Waals surface area contributed by atoms with Crippen molar-refractivity contribution in [2.45, 2.75) is 30.8 Å². The predicted octanol–water partition coefficient (Wildman–Crippen LogP) is 4.58. The van der Waals surface area contributed by atoms with Crippen LogP contribution < -0.4 is 9.47 Å². The van der Waals surface area contributed by atoms with Gasteiger partial charge in [0.15, 0.2) is 0 Å². The molecule has 9 heteroatoms. The summed E-state index contributed by atoms with van der Waals surface area (Å²) < 4.78 is 39.7. The monoisotopic (exact) mass is 452 g/mol. The molecule has 0 unspecified atom stereocenters. The van der Waals surface area contributed by atoms with Crippen LogP contribution >= 0.6 is 22.9 Å². The van der Waals surface area contributed by atoms with Crippen LogP contribution in [0, 0.1) is 0 Å². The highest BCUT2D eigenvalue weighted by Crippen LogP contribution is 2.33. The van der Waals surface area contributed by atoms with Gasteiger partial charge in [-0.15, -0.1) is 0 Å². The van der Waals surface area contributed by atoms with Crippen LogP contribution in [0.25, 0.3) is 10.2 Å². The third-order valence-corrected chi connectivity index (χ3v) is 7.92. The Kier molecular flexibility index (Phi) is 5.96. The Morgan fingerprint density at radius 2 is 1.90 bits per heavy atom. The Labute approximate surface area is 179 Å². The molecule has 0 radical (unpaired) electrons. The minimum atomic E-state index is -3.52. The number of thiazole rings is 1. The van der Waals surface area contributed by atoms with Crippen LogP contribution in [0.3, 0.4) is 0 Å². The number of piperidine rings is 1. The summed E-state index contributed by atoms with van der Waals surface area (Å²) in [7, 11) is -3.52. The molecule has 1 aliphatic heterocycles. The molecule has 4 rings (SSSR count). The van der Waals surface area contributed by atoms with Crippen molar-refractivity contribution >= 4 is 43.2 Å². The zero-order valence-corrected chi connectivity index (χ0v) is 18.3. The van der Waals surface area contributed by atoms with E-state index < -0.39 is 10.0 Å². The molecule has 0 saturated carbocycles. The third-order valence-electron chi connectivity index (χ3n) is 4.79. The maximum Gasteiger partial charge on any atom is 0.274 e. The molecule has 154 valence electrons. The van der Waals surface area contributed by atoms with Gasteiger partial charge in [-0.2, -0.15) is 4.31 Å². The van der Waals surface area contributed by atoms with Gasteiger partial charge in [0, 0.05) is 13.1 Å². The Morgan fingerprint density at radius 1 is 1.17 bits per heavy atom. The van der Waals surface area contributed by atoms with Gasteiger partial charge in [-0.05, 0) is 56.2 Å². The van der Waals surface area contributed by atoms with E-state index in [9.17, 15) is 8.42 Å². The summed E-state index contributed by atoms with van der Waals surface area (Å²) in [5, 5.41) is 1.17. The zero-order chi connectivity index (χ0) is 20.4. The number of para-hydroxylation sites is 1. The number of nitrogens with zero attached hydrogens (tertiary/aromatic N) is 2. The fourth-order valence-corrected chi connectivity index (χ4v) is 5.95. The lowest BCUT2D eigenvalue weighted by atomic mass is 10.1. The van der Waals surface area contributed by atoms with E-state index in [1.165, 1.54) is 15.6 Å². The van der Waals surface area contributed by atoms with Crippen LogP contribution in [-0.2, 0) is 10.0 Å². The largest absolute Gasteiger partial charge is 0.494 e. The van der Waals surface area contributed by atoms with Crippen LogP contribution in [0.2, 0.25) is 5.02 Å². The summed E-state index contributed by atoms with van der Waals surface area (Å²) in [5.41, 5.74) is 0.740. The molecule has 6 nitrogen and oxygen atoms in total. The van der Waals surface area contributed by atoms with Crippen molar-refractivity contribution in [3.63, 3.8) is 0 Å². The third kappa shape index (κ3) is 4.35. The summed E-state index contributed by atoms with van der Waals surface area (Å²) in [5.74, 6) is 0.662. The van der Waals surface area contributed by atoms with Gasteiger partial charge >= 0.3 is 0 Å². The van der Waals surface area contributed by atoms with E-state index in [2.05, 4.69) is 4.98 Å². The van der Waals surface area contributed by atoms with E-state index in [0.29, 0.717) is 48.5 Å². The first kappa shape index (κ1) is 20.4. The number of fused-ring (bicyclic) bond motifs is 1. The molecule has 2 heterocycles. The van der Waals surface area contributed by atoms with E-state index in [1.54, 1.807) is 30.3 Å². The topological polar surface area (TPSA) is 68.7 Å². The van der Waals surface area contributed by atoms with Crippen molar-refractivity contribution < 1.29 is 17.9 Å². The number of sulfonamides is 1. The van der Waals surface area contributed by atoms with Gasteiger partial charge in [-0.3, -0.25) is 0 Å². The van der Waals surface area contributed by atoms with Gasteiger partial charge in [-0.25, -0.2) is 13.4 Å². The van der Waals surface area contributed by atoms with Crippen molar-refractivity contribution in [2.75, 3.05) is 19.7 Å². The Hall–Kier alpha value is -1.87. The number of hydrogen-bond acceptors (Lipinski definition) is 6. The van der Waals surface area contributed by atoms with Crippen molar-refractivity contribution in [1.29, 1.82) is 0 Å². The lowest BCUT2D eigenvalue weighted by Gasteiger charge is -2.30. The fraction of sp³-hybridized carbons (Fsp3) is 0.350. The first-order valence-corrected chi connectivity index (χ1v) is 12.1. The van der Waals surface area contributed by atoms with Crippen molar-refractivity contribution in [3.05, 3.63) is 47.5 Å². The molecular formula is C20H21ClN2O4S2. The standard InChI is InChI=1S/C20H21ClN2O4S2/c1-2-26-14-6-8-16(9-7-14)29(24,25)23-12-10-15(11-13-23)27-20-22-19-17(21)4-3-5-18(19)28-20/h3-9,15H,2,10-13H2,1H3. The number of aromatic nitrogens is 1. The highest BCUT2D eigenvalue weighted by Gasteiger charge is 2.30. The SMILES string of the molecule is CCOc1ccc(S(=O)(=O)N2CCC(Oc3nc4c(Cl)cccc4s3)CC2)cc1. The summed E-state index contributed by atoms with van der Waals surface area (Å²) >= 11 is 7.63. The molecule has 3 aromatic rings. The van der Waals surface area contributed by atoms with Crippen LogP contribution in [0.15, 0.2) is 47.4 Å². The number of benzene rings is 2. The van der Waals surface area contributed by atoms with E-state index in [0.717, 1.165) is 10.2 Å². The van der Waals surface area contributed by atoms with Gasteiger partial charge < -0.3 is 9.47 Å². The van der Waals surface area contributed by atoms with Crippen LogP contribution in [-0.4, -0.2) is 43.5 Å². The van der Waals surface area contributed by atoms with Crippen LogP contribution in [0.1, 0.15) is 19.8 Å². The molecule has 2 aromatic carbocycles. The molecule has 1 aromatic heterocycles. The minimum Gasteiger partial charge on any atom is -0.494 e. The van der Waals surface area contributed by atoms with E-state index in [1.807, 2.05) is 19.1 Å². The normalized spacial score (nSPS) is 16.2. The Bertz CT molecular complexity index is 1090. The molecule has 0 bridgehead atoms. The molecule has 1 saturated heterocycles. The number of rotatable bonds is 6. The first-order chi connectivity index (χ1) is 14.0. The molecule has 0 amide bonds. The molecule has 1 aliphatic rings. The second kappa shape index (κ2) is 8.47. The van der Waals surface area contributed by atoms with E-state index in [-0.39, 0.29) is 11.0 Å². The zero-order valence-electron chi connectivity index (χ0n) is 15.9. The molecule has 29 heavy (non-hydrogen) atoms. The average Bonchev–Trinajstić information content (AvgIpc) is 3.13. The summed E-state index contributed by atoms with van der Waals surface area (Å²) in [6, 6.07) is 12.2. The fourth-order valence-electron chi connectivity index (χ4n) is 3.30. The highest BCUT2D eigenvalue weighted by molar-refractivity contribution is 7.89. The number of ether oxygens (including phenoxy) is 2. The maximum atomic E-state index is 12.9. The van der Waals surface area contributed by atoms with E-state index >= 15 is 0 Å². The number of halogens is 1. The van der Waals surface area contributed by atoms with Gasteiger partial charge in [0.25, 0.3) is 5.19 Å². The van der Waals surface area contributed by atoms with Crippen molar-refractivity contribution in [2.24, 2.45) is 0 Å². The molecule has 0 aliphatic carbocycles. The van der Waals surface area contributed by atoms with E-state index in [4.69, 9.17) is 21.1 Å². The smallest absolute Gasteiger partial charge is 0.274 e. The van der Waals surface area contributed by atoms with Crippen LogP contribution in [0.4, 0.5) is 0 Å². The van der Waals surface area contributed by atoms with Crippen LogP contribution in [0.5, 0.6) is 10.9 Å². The van der Waals surface area contributed by atoms with Gasteiger partial charge in [0.05, 0.1) is 21.2 Å². The Balaban J connectivity index is 1.39. The quantitative estimate of drug-likeness (QED) is 0.547. The first-order valence-electron chi connectivity index (χ1n) is 9.42. The molecule has 0 atom stereocenters. The minimum absolute atomic E-state index is 0.0684. The molecule has 0 N–H and O–H groups in total. The molecule has 0 spiro atoms. The number of hydrogen-bond donors (Lipinski definition) is 0. The summed E-state index contributed by atoms with van der Waals surface area (Å²) in [6.07, 6.45) is 1.15. The lowest BCUT2D eigenvalue weighted by Crippen LogP contribution is -2.41. The van der Waals surface area contributed by atoms with Gasteiger partial charge in [0.1, 0.15) is 17.4 Å². The lowest BCUT2D eigenvalue weighted by molar-refractivity contribution is 0.135. The highest BCUT2D eigenvalue weighted by atomic mass is 35.5.